The lowest BCUT2D eigenvalue weighted by molar-refractivity contribution is -0.121. The van der Waals surface area contributed by atoms with Gasteiger partial charge in [-0.1, -0.05) is 6.07 Å². The van der Waals surface area contributed by atoms with E-state index >= 15 is 0 Å². The number of hydrogen-bond donors (Lipinski definition) is 2. The molecule has 0 aromatic heterocycles. The Balaban J connectivity index is 1.43. The number of carbonyl (C=O) groups is 1. The molecule has 1 aliphatic heterocycles. The van der Waals surface area contributed by atoms with Gasteiger partial charge in [0.2, 0.25) is 12.7 Å². The Morgan fingerprint density at radius 2 is 2.15 bits per heavy atom. The molecule has 5 nitrogen and oxygen atoms in total. The SMILES string of the molecule is O=C(CCc1ccc2c(c1)OCO2)NCC(O)C1CC1. The fourth-order valence-electron chi connectivity index (χ4n) is 2.31. The molecule has 108 valence electrons. The first kappa shape index (κ1) is 13.2. The highest BCUT2D eigenvalue weighted by Gasteiger charge is 2.29. The molecular weight excluding hydrogens is 258 g/mol. The first-order chi connectivity index (χ1) is 9.72. The van der Waals surface area contributed by atoms with E-state index in [4.69, 9.17) is 9.47 Å². The van der Waals surface area contributed by atoms with Gasteiger partial charge in [0.15, 0.2) is 11.5 Å². The number of carbonyl (C=O) groups excluding carboxylic acids is 1. The molecule has 1 aromatic carbocycles. The first-order valence-corrected chi connectivity index (χ1v) is 7.05. The number of hydrogen-bond acceptors (Lipinski definition) is 4. The lowest BCUT2D eigenvalue weighted by Gasteiger charge is -2.10. The molecule has 1 aromatic rings. The van der Waals surface area contributed by atoms with Gasteiger partial charge in [-0.25, -0.2) is 0 Å². The predicted octanol–water partition coefficient (Wildman–Crippen LogP) is 1.23. The van der Waals surface area contributed by atoms with Gasteiger partial charge in [0.05, 0.1) is 6.10 Å². The van der Waals surface area contributed by atoms with Crippen molar-refractivity contribution in [1.82, 2.24) is 5.32 Å². The molecule has 20 heavy (non-hydrogen) atoms. The molecule has 0 spiro atoms. The molecule has 1 unspecified atom stereocenters. The van der Waals surface area contributed by atoms with Crippen LogP contribution in [0.3, 0.4) is 0 Å². The molecule has 0 bridgehead atoms. The Morgan fingerprint density at radius 1 is 1.35 bits per heavy atom. The van der Waals surface area contributed by atoms with Crippen LogP contribution in [0.15, 0.2) is 18.2 Å². The van der Waals surface area contributed by atoms with E-state index in [9.17, 15) is 9.90 Å². The zero-order valence-electron chi connectivity index (χ0n) is 11.3. The van der Waals surface area contributed by atoms with Crippen LogP contribution in [0.25, 0.3) is 0 Å². The summed E-state index contributed by atoms with van der Waals surface area (Å²) in [6, 6.07) is 5.72. The summed E-state index contributed by atoms with van der Waals surface area (Å²) in [6.45, 7) is 0.628. The molecule has 1 fully saturated rings. The molecule has 1 heterocycles. The van der Waals surface area contributed by atoms with E-state index < -0.39 is 0 Å². The summed E-state index contributed by atoms with van der Waals surface area (Å²) in [7, 11) is 0. The monoisotopic (exact) mass is 277 g/mol. The number of aliphatic hydroxyl groups is 1. The topological polar surface area (TPSA) is 67.8 Å². The minimum absolute atomic E-state index is 0.0256. The minimum Gasteiger partial charge on any atom is -0.454 e. The summed E-state index contributed by atoms with van der Waals surface area (Å²) in [5.41, 5.74) is 1.05. The number of amides is 1. The number of rotatable bonds is 6. The number of ether oxygens (including phenoxy) is 2. The van der Waals surface area contributed by atoms with Crippen LogP contribution in [0, 0.1) is 5.92 Å². The van der Waals surface area contributed by atoms with Crippen molar-refractivity contribution in [2.75, 3.05) is 13.3 Å². The third kappa shape index (κ3) is 3.22. The van der Waals surface area contributed by atoms with E-state index in [1.807, 2.05) is 18.2 Å². The summed E-state index contributed by atoms with van der Waals surface area (Å²) in [6.07, 6.45) is 2.84. The Labute approximate surface area is 117 Å². The van der Waals surface area contributed by atoms with Crippen molar-refractivity contribution >= 4 is 5.91 Å². The number of benzene rings is 1. The molecule has 0 saturated heterocycles. The van der Waals surface area contributed by atoms with E-state index in [-0.39, 0.29) is 18.8 Å². The van der Waals surface area contributed by atoms with Crippen molar-refractivity contribution in [2.45, 2.75) is 31.8 Å². The quantitative estimate of drug-likeness (QED) is 0.821. The third-order valence-corrected chi connectivity index (χ3v) is 3.75. The maximum absolute atomic E-state index is 11.7. The highest BCUT2D eigenvalue weighted by atomic mass is 16.7. The van der Waals surface area contributed by atoms with Gasteiger partial charge in [-0.3, -0.25) is 4.79 Å². The number of nitrogens with one attached hydrogen (secondary N) is 1. The van der Waals surface area contributed by atoms with Crippen molar-refractivity contribution in [3.8, 4) is 11.5 Å². The molecule has 1 aliphatic carbocycles. The summed E-state index contributed by atoms with van der Waals surface area (Å²) >= 11 is 0. The average molecular weight is 277 g/mol. The van der Waals surface area contributed by atoms with Gasteiger partial charge < -0.3 is 19.9 Å². The van der Waals surface area contributed by atoms with Crippen molar-refractivity contribution in [2.24, 2.45) is 5.92 Å². The second-order valence-corrected chi connectivity index (χ2v) is 5.40. The second kappa shape index (κ2) is 5.71. The zero-order valence-corrected chi connectivity index (χ0v) is 11.3. The first-order valence-electron chi connectivity index (χ1n) is 7.05. The average Bonchev–Trinajstić information content (AvgIpc) is 3.20. The molecule has 0 radical (unpaired) electrons. The van der Waals surface area contributed by atoms with Crippen LogP contribution in [-0.4, -0.2) is 30.5 Å². The van der Waals surface area contributed by atoms with Crippen LogP contribution in [-0.2, 0) is 11.2 Å². The molecule has 1 saturated carbocycles. The van der Waals surface area contributed by atoms with Crippen LogP contribution < -0.4 is 14.8 Å². The summed E-state index contributed by atoms with van der Waals surface area (Å²) in [4.78, 5) is 11.7. The van der Waals surface area contributed by atoms with E-state index in [1.165, 1.54) is 0 Å². The van der Waals surface area contributed by atoms with Gasteiger partial charge in [-0.2, -0.15) is 0 Å². The van der Waals surface area contributed by atoms with Crippen molar-refractivity contribution in [3.05, 3.63) is 23.8 Å². The molecule has 1 amide bonds. The zero-order chi connectivity index (χ0) is 13.9. The predicted molar refractivity (Wildman–Crippen MR) is 72.6 cm³/mol. The molecule has 2 aliphatic rings. The molecule has 5 heteroatoms. The molecular formula is C15H19NO4. The van der Waals surface area contributed by atoms with Crippen LogP contribution in [0.2, 0.25) is 0 Å². The normalized spacial score (nSPS) is 17.9. The lowest BCUT2D eigenvalue weighted by Crippen LogP contribution is -2.33. The molecule has 1 atom stereocenters. The van der Waals surface area contributed by atoms with Crippen LogP contribution >= 0.6 is 0 Å². The van der Waals surface area contributed by atoms with E-state index in [1.54, 1.807) is 0 Å². The smallest absolute Gasteiger partial charge is 0.231 e. The second-order valence-electron chi connectivity index (χ2n) is 5.40. The number of aryl methyl sites for hydroxylation is 1. The fourth-order valence-corrected chi connectivity index (χ4v) is 2.31. The summed E-state index contributed by atoms with van der Waals surface area (Å²) < 4.78 is 10.5. The Hall–Kier alpha value is -1.75. The number of aliphatic hydroxyl groups excluding tert-OH is 1. The van der Waals surface area contributed by atoms with Gasteiger partial charge in [-0.05, 0) is 42.9 Å². The van der Waals surface area contributed by atoms with Gasteiger partial charge in [0.1, 0.15) is 0 Å². The molecule has 3 rings (SSSR count). The van der Waals surface area contributed by atoms with E-state index in [2.05, 4.69) is 5.32 Å². The van der Waals surface area contributed by atoms with E-state index in [0.29, 0.717) is 25.3 Å². The standard InChI is InChI=1S/C15H19NO4/c17-12(11-3-4-11)8-16-15(18)6-2-10-1-5-13-14(7-10)20-9-19-13/h1,5,7,11-12,17H,2-4,6,8-9H2,(H,16,18). The summed E-state index contributed by atoms with van der Waals surface area (Å²) in [5.74, 6) is 1.87. The van der Waals surface area contributed by atoms with Crippen molar-refractivity contribution in [3.63, 3.8) is 0 Å². The van der Waals surface area contributed by atoms with Crippen LogP contribution in [0.4, 0.5) is 0 Å². The minimum atomic E-state index is -0.385. The van der Waals surface area contributed by atoms with Crippen LogP contribution in [0.5, 0.6) is 11.5 Å². The van der Waals surface area contributed by atoms with E-state index in [0.717, 1.165) is 29.9 Å². The van der Waals surface area contributed by atoms with Gasteiger partial charge in [0.25, 0.3) is 0 Å². The van der Waals surface area contributed by atoms with Crippen molar-refractivity contribution in [1.29, 1.82) is 0 Å². The summed E-state index contributed by atoms with van der Waals surface area (Å²) in [5, 5.41) is 12.5. The van der Waals surface area contributed by atoms with Gasteiger partial charge >= 0.3 is 0 Å². The van der Waals surface area contributed by atoms with Crippen molar-refractivity contribution < 1.29 is 19.4 Å². The maximum Gasteiger partial charge on any atom is 0.231 e. The Bertz CT molecular complexity index is 499. The lowest BCUT2D eigenvalue weighted by atomic mass is 10.1. The highest BCUT2D eigenvalue weighted by molar-refractivity contribution is 5.76. The Morgan fingerprint density at radius 3 is 2.95 bits per heavy atom. The maximum atomic E-state index is 11.7. The van der Waals surface area contributed by atoms with Crippen LogP contribution in [0.1, 0.15) is 24.8 Å². The van der Waals surface area contributed by atoms with Gasteiger partial charge in [0, 0.05) is 13.0 Å². The molecule has 2 N–H and O–H groups in total. The Kier molecular flexibility index (Phi) is 3.78. The number of fused-ring (bicyclic) bond motifs is 1. The third-order valence-electron chi connectivity index (χ3n) is 3.75. The highest BCUT2D eigenvalue weighted by Crippen LogP contribution is 2.33. The van der Waals surface area contributed by atoms with Gasteiger partial charge in [-0.15, -0.1) is 0 Å². The largest absolute Gasteiger partial charge is 0.454 e. The fraction of sp³-hybridized carbons (Fsp3) is 0.533.